The smallest absolute Gasteiger partial charge is 0.410 e. The van der Waals surface area contributed by atoms with Crippen LogP contribution < -0.4 is 5.32 Å². The van der Waals surface area contributed by atoms with E-state index in [1.54, 1.807) is 7.11 Å². The number of amides is 1. The van der Waals surface area contributed by atoms with E-state index in [0.717, 1.165) is 38.8 Å². The van der Waals surface area contributed by atoms with Gasteiger partial charge in [-0.1, -0.05) is 0 Å². The van der Waals surface area contributed by atoms with E-state index in [-0.39, 0.29) is 12.1 Å². The largest absolute Gasteiger partial charge is 0.444 e. The van der Waals surface area contributed by atoms with Crippen LogP contribution in [0.5, 0.6) is 0 Å². The molecule has 5 heteroatoms. The summed E-state index contributed by atoms with van der Waals surface area (Å²) in [5.41, 5.74) is -0.428. The van der Waals surface area contributed by atoms with Gasteiger partial charge in [-0.15, -0.1) is 0 Å². The lowest BCUT2D eigenvalue weighted by Gasteiger charge is -2.30. The third kappa shape index (κ3) is 6.97. The number of nitrogens with one attached hydrogen (secondary N) is 1. The summed E-state index contributed by atoms with van der Waals surface area (Å²) in [6.07, 6.45) is 3.93. The Morgan fingerprint density at radius 3 is 2.59 bits per heavy atom. The second-order valence-electron chi connectivity index (χ2n) is 7.46. The van der Waals surface area contributed by atoms with Crippen molar-refractivity contribution in [3.8, 4) is 0 Å². The van der Waals surface area contributed by atoms with Crippen LogP contribution in [0.2, 0.25) is 0 Å². The molecule has 1 fully saturated rings. The Kier molecular flexibility index (Phi) is 7.63. The minimum absolute atomic E-state index is 0.172. The zero-order valence-electron chi connectivity index (χ0n) is 15.1. The van der Waals surface area contributed by atoms with Crippen LogP contribution in [0.25, 0.3) is 0 Å². The molecule has 1 heterocycles. The summed E-state index contributed by atoms with van der Waals surface area (Å²) in [7, 11) is 1.73. The first-order chi connectivity index (χ1) is 10.2. The van der Waals surface area contributed by atoms with Gasteiger partial charge >= 0.3 is 6.09 Å². The quantitative estimate of drug-likeness (QED) is 0.784. The topological polar surface area (TPSA) is 50.8 Å². The number of nitrogens with zero attached hydrogens (tertiary/aromatic N) is 1. The summed E-state index contributed by atoms with van der Waals surface area (Å²) in [6, 6.07) is 1.08. The predicted octanol–water partition coefficient (Wildman–Crippen LogP) is 3.18. The third-order valence-corrected chi connectivity index (χ3v) is 3.95. The maximum atomic E-state index is 12.3. The van der Waals surface area contributed by atoms with Gasteiger partial charge in [-0.05, 0) is 60.3 Å². The van der Waals surface area contributed by atoms with Gasteiger partial charge in [0, 0.05) is 38.4 Å². The number of rotatable bonds is 7. The lowest BCUT2D eigenvalue weighted by atomic mass is 10.0. The number of hydrogen-bond donors (Lipinski definition) is 1. The highest BCUT2D eigenvalue weighted by Crippen LogP contribution is 2.24. The molecule has 5 nitrogen and oxygen atoms in total. The van der Waals surface area contributed by atoms with E-state index in [2.05, 4.69) is 19.2 Å². The van der Waals surface area contributed by atoms with Crippen LogP contribution in [0.1, 0.15) is 60.3 Å². The first-order valence-electron chi connectivity index (χ1n) is 8.47. The van der Waals surface area contributed by atoms with Gasteiger partial charge in [0.05, 0.1) is 0 Å². The molecule has 0 aromatic rings. The van der Waals surface area contributed by atoms with Gasteiger partial charge in [0.25, 0.3) is 0 Å². The maximum Gasteiger partial charge on any atom is 0.410 e. The van der Waals surface area contributed by atoms with E-state index in [1.165, 1.54) is 0 Å². The number of hydrogen-bond acceptors (Lipinski definition) is 4. The summed E-state index contributed by atoms with van der Waals surface area (Å²) in [6.45, 7) is 11.7. The Bertz CT molecular complexity index is 341. The van der Waals surface area contributed by atoms with Crippen molar-refractivity contribution in [2.24, 2.45) is 0 Å². The molecular weight excluding hydrogens is 280 g/mol. The van der Waals surface area contributed by atoms with Crippen LogP contribution in [0, 0.1) is 0 Å². The van der Waals surface area contributed by atoms with Crippen molar-refractivity contribution in [1.29, 1.82) is 0 Å². The molecular formula is C17H34N2O3. The van der Waals surface area contributed by atoms with Crippen molar-refractivity contribution in [2.75, 3.05) is 20.3 Å². The molecule has 3 unspecified atom stereocenters. The van der Waals surface area contributed by atoms with Crippen molar-refractivity contribution in [2.45, 2.75) is 84.0 Å². The standard InChI is InChI=1S/C17H34N2O3/c1-13(9-11-21-6)18-14(2)12-15-8-7-10-19(15)16(20)22-17(3,4)5/h13-15,18H,7-12H2,1-6H3. The summed E-state index contributed by atoms with van der Waals surface area (Å²) >= 11 is 0. The Morgan fingerprint density at radius 1 is 1.32 bits per heavy atom. The Morgan fingerprint density at radius 2 is 2.00 bits per heavy atom. The maximum absolute atomic E-state index is 12.3. The second-order valence-corrected chi connectivity index (χ2v) is 7.46. The molecule has 1 saturated heterocycles. The van der Waals surface area contributed by atoms with Crippen LogP contribution in [-0.2, 0) is 9.47 Å². The molecule has 130 valence electrons. The van der Waals surface area contributed by atoms with Crippen molar-refractivity contribution in [1.82, 2.24) is 10.2 Å². The van der Waals surface area contributed by atoms with Crippen molar-refractivity contribution in [3.05, 3.63) is 0 Å². The highest BCUT2D eigenvalue weighted by atomic mass is 16.6. The van der Waals surface area contributed by atoms with Crippen molar-refractivity contribution in [3.63, 3.8) is 0 Å². The van der Waals surface area contributed by atoms with Crippen LogP contribution in [0.4, 0.5) is 4.79 Å². The molecule has 0 bridgehead atoms. The monoisotopic (exact) mass is 314 g/mol. The first kappa shape index (κ1) is 19.2. The van der Waals surface area contributed by atoms with Crippen LogP contribution in [0.3, 0.4) is 0 Å². The molecule has 0 radical (unpaired) electrons. The van der Waals surface area contributed by atoms with Gasteiger partial charge in [0.1, 0.15) is 5.60 Å². The molecule has 0 spiro atoms. The third-order valence-electron chi connectivity index (χ3n) is 3.95. The fraction of sp³-hybridized carbons (Fsp3) is 0.941. The lowest BCUT2D eigenvalue weighted by molar-refractivity contribution is 0.0214. The van der Waals surface area contributed by atoms with E-state index in [4.69, 9.17) is 9.47 Å². The van der Waals surface area contributed by atoms with Gasteiger partial charge in [0.2, 0.25) is 0 Å². The fourth-order valence-electron chi connectivity index (χ4n) is 2.98. The summed E-state index contributed by atoms with van der Waals surface area (Å²) in [5, 5.41) is 3.59. The Balaban J connectivity index is 2.44. The predicted molar refractivity (Wildman–Crippen MR) is 89.1 cm³/mol. The van der Waals surface area contributed by atoms with Gasteiger partial charge in [-0.25, -0.2) is 4.79 Å². The van der Waals surface area contributed by atoms with Crippen molar-refractivity contribution < 1.29 is 14.3 Å². The van der Waals surface area contributed by atoms with Gasteiger partial charge in [-0.3, -0.25) is 0 Å². The molecule has 0 aromatic heterocycles. The van der Waals surface area contributed by atoms with Gasteiger partial charge in [0.15, 0.2) is 0 Å². The number of likely N-dealkylation sites (tertiary alicyclic amines) is 1. The molecule has 1 N–H and O–H groups in total. The lowest BCUT2D eigenvalue weighted by Crippen LogP contribution is -2.44. The molecule has 22 heavy (non-hydrogen) atoms. The Hall–Kier alpha value is -0.810. The fourth-order valence-corrected chi connectivity index (χ4v) is 2.98. The number of carbonyl (C=O) groups excluding carboxylic acids is 1. The number of methoxy groups -OCH3 is 1. The normalized spacial score (nSPS) is 21.7. The molecule has 1 aliphatic rings. The molecule has 1 amide bonds. The van der Waals surface area contributed by atoms with E-state index >= 15 is 0 Å². The first-order valence-corrected chi connectivity index (χ1v) is 8.47. The molecule has 1 aliphatic heterocycles. The minimum Gasteiger partial charge on any atom is -0.444 e. The van der Waals surface area contributed by atoms with Crippen LogP contribution >= 0.6 is 0 Å². The molecule has 0 saturated carbocycles. The van der Waals surface area contributed by atoms with E-state index in [1.807, 2.05) is 25.7 Å². The number of carbonyl (C=O) groups is 1. The van der Waals surface area contributed by atoms with Crippen LogP contribution in [0.15, 0.2) is 0 Å². The second kappa shape index (κ2) is 8.73. The highest BCUT2D eigenvalue weighted by molar-refractivity contribution is 5.68. The van der Waals surface area contributed by atoms with E-state index in [0.29, 0.717) is 12.1 Å². The molecule has 3 atom stereocenters. The summed E-state index contributed by atoms with van der Waals surface area (Å²) in [4.78, 5) is 14.2. The molecule has 0 aromatic carbocycles. The van der Waals surface area contributed by atoms with Crippen molar-refractivity contribution >= 4 is 6.09 Å². The van der Waals surface area contributed by atoms with Gasteiger partial charge in [-0.2, -0.15) is 0 Å². The molecule has 0 aliphatic carbocycles. The summed E-state index contributed by atoms with van der Waals surface area (Å²) in [5.74, 6) is 0. The SMILES string of the molecule is COCCC(C)NC(C)CC1CCCN1C(=O)OC(C)(C)C. The minimum atomic E-state index is -0.428. The number of ether oxygens (including phenoxy) is 2. The van der Waals surface area contributed by atoms with E-state index < -0.39 is 5.60 Å². The zero-order chi connectivity index (χ0) is 16.8. The zero-order valence-corrected chi connectivity index (χ0v) is 15.1. The van der Waals surface area contributed by atoms with E-state index in [9.17, 15) is 4.79 Å². The average molecular weight is 314 g/mol. The van der Waals surface area contributed by atoms with Crippen LogP contribution in [-0.4, -0.2) is 55.0 Å². The highest BCUT2D eigenvalue weighted by Gasteiger charge is 2.32. The summed E-state index contributed by atoms with van der Waals surface area (Å²) < 4.78 is 10.6. The average Bonchev–Trinajstić information content (AvgIpc) is 2.82. The molecule has 1 rings (SSSR count). The van der Waals surface area contributed by atoms with Gasteiger partial charge < -0.3 is 19.7 Å². The Labute approximate surface area is 135 Å².